The van der Waals surface area contributed by atoms with Gasteiger partial charge in [-0.05, 0) is 71.3 Å². The van der Waals surface area contributed by atoms with Gasteiger partial charge in [-0.3, -0.25) is 9.59 Å². The van der Waals surface area contributed by atoms with Crippen LogP contribution in [0.2, 0.25) is 0 Å². The van der Waals surface area contributed by atoms with Gasteiger partial charge in [0, 0.05) is 30.7 Å². The average molecular weight is 606 g/mol. The number of methoxy groups -OCH3 is 1. The van der Waals surface area contributed by atoms with Crippen molar-refractivity contribution in [2.45, 2.75) is 24.5 Å². The smallest absolute Gasteiger partial charge is 0.325 e. The van der Waals surface area contributed by atoms with Crippen LogP contribution in [0, 0.1) is 11.6 Å². The van der Waals surface area contributed by atoms with Crippen LogP contribution in [-0.2, 0) is 27.5 Å². The van der Waals surface area contributed by atoms with Crippen molar-refractivity contribution in [1.82, 2.24) is 4.90 Å². The second-order valence-electron chi connectivity index (χ2n) is 9.70. The van der Waals surface area contributed by atoms with E-state index in [0.717, 1.165) is 16.7 Å². The molecular formula is C34H33F2NO5S. The second-order valence-corrected chi connectivity index (χ2v) is 10.5. The quantitative estimate of drug-likeness (QED) is 0.0864. The molecule has 1 amide bonds. The Bertz CT molecular complexity index is 1520. The van der Waals surface area contributed by atoms with E-state index in [9.17, 15) is 18.4 Å². The molecular weight excluding hydrogens is 572 g/mol. The van der Waals surface area contributed by atoms with E-state index in [-0.39, 0.29) is 25.7 Å². The molecule has 0 saturated carbocycles. The minimum atomic E-state index is -0.899. The molecule has 0 bridgehead atoms. The summed E-state index contributed by atoms with van der Waals surface area (Å²) in [5, 5.41) is 0. The maximum atomic E-state index is 13.9. The summed E-state index contributed by atoms with van der Waals surface area (Å²) in [4.78, 5) is 28.1. The van der Waals surface area contributed by atoms with Gasteiger partial charge in [0.05, 0.1) is 0 Å². The van der Waals surface area contributed by atoms with E-state index < -0.39 is 17.6 Å². The molecule has 0 spiro atoms. The van der Waals surface area contributed by atoms with Crippen molar-refractivity contribution in [2.24, 2.45) is 0 Å². The summed E-state index contributed by atoms with van der Waals surface area (Å²) in [7, 11) is 1.58. The summed E-state index contributed by atoms with van der Waals surface area (Å²) >= 11 is 1.34. The van der Waals surface area contributed by atoms with Gasteiger partial charge < -0.3 is 19.1 Å². The Kier molecular flexibility index (Phi) is 11.7. The van der Waals surface area contributed by atoms with Gasteiger partial charge in [0.2, 0.25) is 0 Å². The average Bonchev–Trinajstić information content (AvgIpc) is 3.04. The molecule has 43 heavy (non-hydrogen) atoms. The largest absolute Gasteiger partial charge is 0.489 e. The van der Waals surface area contributed by atoms with E-state index in [1.54, 1.807) is 49.6 Å². The van der Waals surface area contributed by atoms with Crippen LogP contribution in [0.25, 0.3) is 11.1 Å². The highest BCUT2D eigenvalue weighted by molar-refractivity contribution is 7.98. The Hall–Kier alpha value is -4.21. The second kappa shape index (κ2) is 15.9. The Labute approximate surface area is 254 Å². The Morgan fingerprint density at radius 3 is 2.28 bits per heavy atom. The third kappa shape index (κ3) is 9.14. The number of hydrogen-bond acceptors (Lipinski definition) is 6. The number of rotatable bonds is 14. The fourth-order valence-electron chi connectivity index (χ4n) is 4.39. The van der Waals surface area contributed by atoms with Crippen molar-refractivity contribution in [3.8, 4) is 16.9 Å². The van der Waals surface area contributed by atoms with E-state index in [1.165, 1.54) is 28.8 Å². The first-order valence-electron chi connectivity index (χ1n) is 13.7. The number of hydrogen-bond donors (Lipinski definition) is 0. The van der Waals surface area contributed by atoms with Crippen molar-refractivity contribution in [2.75, 3.05) is 33.1 Å². The van der Waals surface area contributed by atoms with E-state index in [0.29, 0.717) is 41.3 Å². The molecule has 0 heterocycles. The van der Waals surface area contributed by atoms with Gasteiger partial charge in [0.15, 0.2) is 11.6 Å². The molecule has 0 fully saturated rings. The molecule has 0 aromatic heterocycles. The Balaban J connectivity index is 1.39. The summed E-state index contributed by atoms with van der Waals surface area (Å²) in [6.07, 6.45) is 2.37. The highest BCUT2D eigenvalue weighted by Crippen LogP contribution is 2.33. The maximum Gasteiger partial charge on any atom is 0.325 e. The van der Waals surface area contributed by atoms with Gasteiger partial charge in [-0.1, -0.05) is 54.6 Å². The maximum absolute atomic E-state index is 13.9. The van der Waals surface area contributed by atoms with E-state index in [2.05, 4.69) is 0 Å². The fraction of sp³-hybridized carbons (Fsp3) is 0.235. The van der Waals surface area contributed by atoms with Crippen LogP contribution in [0.1, 0.15) is 27.9 Å². The number of carbonyl (C=O) groups excluding carboxylic acids is 2. The lowest BCUT2D eigenvalue weighted by molar-refractivity contribution is -0.145. The van der Waals surface area contributed by atoms with E-state index >= 15 is 0 Å². The number of ether oxygens (including phenoxy) is 3. The van der Waals surface area contributed by atoms with Crippen molar-refractivity contribution >= 4 is 23.6 Å². The summed E-state index contributed by atoms with van der Waals surface area (Å²) in [6, 6.07) is 25.9. The van der Waals surface area contributed by atoms with Crippen LogP contribution in [0.5, 0.6) is 5.75 Å². The molecule has 0 N–H and O–H groups in total. The van der Waals surface area contributed by atoms with Crippen molar-refractivity contribution in [3.05, 3.63) is 119 Å². The minimum Gasteiger partial charge on any atom is -0.489 e. The van der Waals surface area contributed by atoms with Gasteiger partial charge in [-0.2, -0.15) is 0 Å². The topological polar surface area (TPSA) is 65.1 Å². The molecule has 4 aromatic carbocycles. The minimum absolute atomic E-state index is 0.132. The molecule has 0 unspecified atom stereocenters. The molecule has 4 rings (SSSR count). The van der Waals surface area contributed by atoms with Gasteiger partial charge in [-0.15, -0.1) is 11.8 Å². The molecule has 9 heteroatoms. The van der Waals surface area contributed by atoms with Gasteiger partial charge in [0.25, 0.3) is 5.91 Å². The number of amides is 1. The van der Waals surface area contributed by atoms with Crippen LogP contribution in [-0.4, -0.2) is 49.8 Å². The first kappa shape index (κ1) is 31.7. The van der Waals surface area contributed by atoms with Crippen LogP contribution in [0.15, 0.2) is 95.9 Å². The number of thioether (sulfide) groups is 1. The SMILES string of the molecule is COCCCN(CC(=O)OCc1ccccc1)C(=O)c1cccc(COc2ccc(-c3cc(F)c(F)cc3SC)cc2)c1. The van der Waals surface area contributed by atoms with Crippen molar-refractivity contribution < 1.29 is 32.6 Å². The number of halogens is 2. The summed E-state index contributed by atoms with van der Waals surface area (Å²) in [5.74, 6) is -1.99. The van der Waals surface area contributed by atoms with Crippen LogP contribution >= 0.6 is 11.8 Å². The lowest BCUT2D eigenvalue weighted by Crippen LogP contribution is -2.37. The lowest BCUT2D eigenvalue weighted by Gasteiger charge is -2.22. The third-order valence-electron chi connectivity index (χ3n) is 6.61. The van der Waals surface area contributed by atoms with Crippen molar-refractivity contribution in [1.29, 1.82) is 0 Å². The van der Waals surface area contributed by atoms with E-state index in [4.69, 9.17) is 14.2 Å². The molecule has 0 atom stereocenters. The van der Waals surface area contributed by atoms with Crippen molar-refractivity contribution in [3.63, 3.8) is 0 Å². The van der Waals surface area contributed by atoms with Gasteiger partial charge in [-0.25, -0.2) is 8.78 Å². The highest BCUT2D eigenvalue weighted by atomic mass is 32.2. The molecule has 0 aliphatic rings. The summed E-state index contributed by atoms with van der Waals surface area (Å²) < 4.78 is 44.0. The zero-order valence-corrected chi connectivity index (χ0v) is 24.9. The first-order chi connectivity index (χ1) is 20.9. The highest BCUT2D eigenvalue weighted by Gasteiger charge is 2.20. The lowest BCUT2D eigenvalue weighted by atomic mass is 10.1. The number of nitrogens with zero attached hydrogens (tertiary/aromatic N) is 1. The summed E-state index contributed by atoms with van der Waals surface area (Å²) in [5.41, 5.74) is 3.39. The molecule has 6 nitrogen and oxygen atoms in total. The monoisotopic (exact) mass is 605 g/mol. The Morgan fingerprint density at radius 1 is 0.837 bits per heavy atom. The molecule has 0 radical (unpaired) electrons. The summed E-state index contributed by atoms with van der Waals surface area (Å²) in [6.45, 7) is 0.927. The third-order valence-corrected chi connectivity index (χ3v) is 7.39. The zero-order valence-electron chi connectivity index (χ0n) is 24.1. The normalized spacial score (nSPS) is 10.8. The molecule has 0 aliphatic heterocycles. The standard InChI is InChI=1S/C34H33F2NO5S/c1-40-17-7-16-37(21-33(38)42-22-24-8-4-3-5-9-24)34(39)27-11-6-10-25(18-27)23-41-28-14-12-26(13-15-28)29-19-30(35)31(36)20-32(29)43-2/h3-6,8-15,18-20H,7,16-17,21-23H2,1-2H3. The fourth-order valence-corrected chi connectivity index (χ4v) is 5.01. The molecule has 0 saturated heterocycles. The first-order valence-corrected chi connectivity index (χ1v) is 14.9. The van der Waals surface area contributed by atoms with E-state index in [1.807, 2.05) is 42.7 Å². The predicted octanol–water partition coefficient (Wildman–Crippen LogP) is 7.15. The Morgan fingerprint density at radius 2 is 1.56 bits per heavy atom. The molecule has 4 aromatic rings. The number of esters is 1. The zero-order chi connectivity index (χ0) is 30.6. The van der Waals surface area contributed by atoms with Crippen LogP contribution in [0.3, 0.4) is 0 Å². The van der Waals surface area contributed by atoms with Crippen LogP contribution < -0.4 is 4.74 Å². The number of benzene rings is 4. The van der Waals surface area contributed by atoms with Gasteiger partial charge >= 0.3 is 5.97 Å². The number of carbonyl (C=O) groups is 2. The molecule has 224 valence electrons. The predicted molar refractivity (Wildman–Crippen MR) is 163 cm³/mol. The molecule has 0 aliphatic carbocycles. The van der Waals surface area contributed by atoms with Gasteiger partial charge in [0.1, 0.15) is 25.5 Å². The van der Waals surface area contributed by atoms with Crippen LogP contribution in [0.4, 0.5) is 8.78 Å².